The molecule has 0 amide bonds. The molecule has 0 saturated carbocycles. The van der Waals surface area contributed by atoms with Crippen LogP contribution in [0.25, 0.3) is 0 Å². The number of phenolic OH excluding ortho intramolecular Hbond substituents is 1. The summed E-state index contributed by atoms with van der Waals surface area (Å²) < 4.78 is 5.19. The molecule has 134 valence electrons. The Labute approximate surface area is 153 Å². The van der Waals surface area contributed by atoms with E-state index in [1.54, 1.807) is 25.3 Å². The first kappa shape index (κ1) is 18.9. The largest absolute Gasteiger partial charge is 0.508 e. The highest BCUT2D eigenvalue weighted by atomic mass is 35.5. The van der Waals surface area contributed by atoms with Crippen LogP contribution in [0.2, 0.25) is 5.02 Å². The van der Waals surface area contributed by atoms with Crippen LogP contribution in [-0.4, -0.2) is 24.7 Å². The van der Waals surface area contributed by atoms with Crippen molar-refractivity contribution in [1.29, 1.82) is 0 Å². The quantitative estimate of drug-likeness (QED) is 0.539. The van der Waals surface area contributed by atoms with E-state index in [2.05, 4.69) is 15.6 Å². The molecule has 2 aromatic rings. The minimum absolute atomic E-state index is 0.00888. The van der Waals surface area contributed by atoms with Crippen LogP contribution in [0.15, 0.2) is 47.5 Å². The van der Waals surface area contributed by atoms with E-state index in [4.69, 9.17) is 16.3 Å². The lowest BCUT2D eigenvalue weighted by Crippen LogP contribution is -2.38. The van der Waals surface area contributed by atoms with Crippen LogP contribution in [-0.2, 0) is 6.54 Å². The third kappa shape index (κ3) is 5.29. The standard InChI is InChI=1S/C19H24ClN3O2/c1-4-21-19(23-13(2)16-7-5-6-8-17(16)20)22-12-14-11-15(25-3)9-10-18(14)24/h5-11,13,24H,4,12H2,1-3H3,(H2,21,22,23). The van der Waals surface area contributed by atoms with E-state index in [0.29, 0.717) is 28.8 Å². The third-order valence-corrected chi connectivity index (χ3v) is 4.11. The minimum atomic E-state index is -0.00888. The van der Waals surface area contributed by atoms with Crippen LogP contribution in [0.5, 0.6) is 11.5 Å². The molecular weight excluding hydrogens is 338 g/mol. The van der Waals surface area contributed by atoms with Gasteiger partial charge in [0, 0.05) is 17.1 Å². The van der Waals surface area contributed by atoms with Gasteiger partial charge in [0.2, 0.25) is 0 Å². The summed E-state index contributed by atoms with van der Waals surface area (Å²) in [6.07, 6.45) is 0. The Morgan fingerprint density at radius 1 is 1.28 bits per heavy atom. The van der Waals surface area contributed by atoms with Gasteiger partial charge in [-0.3, -0.25) is 0 Å². The van der Waals surface area contributed by atoms with Crippen molar-refractivity contribution in [2.45, 2.75) is 26.4 Å². The summed E-state index contributed by atoms with van der Waals surface area (Å²) in [7, 11) is 1.59. The molecular formula is C19H24ClN3O2. The molecule has 1 unspecified atom stereocenters. The predicted octanol–water partition coefficient (Wildman–Crippen LogP) is 3.87. The van der Waals surface area contributed by atoms with Gasteiger partial charge in [0.1, 0.15) is 11.5 Å². The predicted molar refractivity (Wildman–Crippen MR) is 102 cm³/mol. The molecule has 0 saturated heterocycles. The normalized spacial score (nSPS) is 12.6. The fourth-order valence-electron chi connectivity index (χ4n) is 2.41. The number of hydrogen-bond acceptors (Lipinski definition) is 3. The smallest absolute Gasteiger partial charge is 0.192 e. The molecule has 25 heavy (non-hydrogen) atoms. The molecule has 5 nitrogen and oxygen atoms in total. The Balaban J connectivity index is 2.14. The van der Waals surface area contributed by atoms with Crippen LogP contribution >= 0.6 is 11.6 Å². The number of rotatable bonds is 6. The SMILES string of the molecule is CCNC(=NCc1cc(OC)ccc1O)NC(C)c1ccccc1Cl. The molecule has 2 rings (SSSR count). The van der Waals surface area contributed by atoms with Gasteiger partial charge < -0.3 is 20.5 Å². The Bertz CT molecular complexity index is 734. The van der Waals surface area contributed by atoms with Gasteiger partial charge in [-0.1, -0.05) is 29.8 Å². The number of benzene rings is 2. The van der Waals surface area contributed by atoms with E-state index in [1.165, 1.54) is 0 Å². The summed E-state index contributed by atoms with van der Waals surface area (Å²) in [5, 5.41) is 17.2. The first-order valence-corrected chi connectivity index (χ1v) is 8.58. The maximum Gasteiger partial charge on any atom is 0.192 e. The van der Waals surface area contributed by atoms with Crippen LogP contribution in [0.4, 0.5) is 0 Å². The average molecular weight is 362 g/mol. The molecule has 0 radical (unpaired) electrons. The lowest BCUT2D eigenvalue weighted by molar-refractivity contribution is 0.411. The van der Waals surface area contributed by atoms with E-state index >= 15 is 0 Å². The average Bonchev–Trinajstić information content (AvgIpc) is 2.61. The number of ether oxygens (including phenoxy) is 1. The molecule has 0 spiro atoms. The maximum absolute atomic E-state index is 9.99. The molecule has 6 heteroatoms. The fourth-order valence-corrected chi connectivity index (χ4v) is 2.71. The number of aliphatic imine (C=N–C) groups is 1. The number of nitrogens with one attached hydrogen (secondary N) is 2. The number of halogens is 1. The molecule has 0 heterocycles. The van der Waals surface area contributed by atoms with E-state index in [-0.39, 0.29) is 11.8 Å². The molecule has 0 aliphatic carbocycles. The zero-order valence-corrected chi connectivity index (χ0v) is 15.5. The minimum Gasteiger partial charge on any atom is -0.508 e. The Hall–Kier alpha value is -2.40. The van der Waals surface area contributed by atoms with Crippen molar-refractivity contribution in [1.82, 2.24) is 10.6 Å². The van der Waals surface area contributed by atoms with E-state index in [1.807, 2.05) is 38.1 Å². The van der Waals surface area contributed by atoms with Crippen molar-refractivity contribution in [2.75, 3.05) is 13.7 Å². The van der Waals surface area contributed by atoms with Gasteiger partial charge in [0.25, 0.3) is 0 Å². The van der Waals surface area contributed by atoms with Crippen LogP contribution in [0.1, 0.15) is 31.0 Å². The van der Waals surface area contributed by atoms with Crippen molar-refractivity contribution in [2.24, 2.45) is 4.99 Å². The Morgan fingerprint density at radius 2 is 2.04 bits per heavy atom. The topological polar surface area (TPSA) is 65.9 Å². The lowest BCUT2D eigenvalue weighted by Gasteiger charge is -2.19. The van der Waals surface area contributed by atoms with Crippen molar-refractivity contribution in [3.63, 3.8) is 0 Å². The second-order valence-corrected chi connectivity index (χ2v) is 5.98. The molecule has 0 bridgehead atoms. The maximum atomic E-state index is 9.99. The van der Waals surface area contributed by atoms with Crippen LogP contribution in [0.3, 0.4) is 0 Å². The summed E-state index contributed by atoms with van der Waals surface area (Å²) in [5.41, 5.74) is 1.70. The molecule has 0 aromatic heterocycles. The fraction of sp³-hybridized carbons (Fsp3) is 0.316. The second-order valence-electron chi connectivity index (χ2n) is 5.58. The van der Waals surface area contributed by atoms with Gasteiger partial charge in [0.15, 0.2) is 5.96 Å². The van der Waals surface area contributed by atoms with Crippen LogP contribution < -0.4 is 15.4 Å². The number of methoxy groups -OCH3 is 1. The second kappa shape index (κ2) is 9.18. The number of phenols is 1. The molecule has 0 fully saturated rings. The molecule has 0 aliphatic heterocycles. The van der Waals surface area contributed by atoms with E-state index in [0.717, 1.165) is 12.1 Å². The highest BCUT2D eigenvalue weighted by molar-refractivity contribution is 6.31. The van der Waals surface area contributed by atoms with Gasteiger partial charge in [0.05, 0.1) is 19.7 Å². The van der Waals surface area contributed by atoms with E-state index < -0.39 is 0 Å². The van der Waals surface area contributed by atoms with E-state index in [9.17, 15) is 5.11 Å². The van der Waals surface area contributed by atoms with Crippen molar-refractivity contribution in [3.8, 4) is 11.5 Å². The first-order valence-electron chi connectivity index (χ1n) is 8.20. The zero-order chi connectivity index (χ0) is 18.2. The molecule has 1 atom stereocenters. The van der Waals surface area contributed by atoms with Crippen molar-refractivity contribution in [3.05, 3.63) is 58.6 Å². The van der Waals surface area contributed by atoms with Crippen LogP contribution in [0, 0.1) is 0 Å². The van der Waals surface area contributed by atoms with Gasteiger partial charge in [-0.25, -0.2) is 4.99 Å². The monoisotopic (exact) mass is 361 g/mol. The summed E-state index contributed by atoms with van der Waals surface area (Å²) in [6, 6.07) is 12.8. The Kier molecular flexibility index (Phi) is 6.95. The van der Waals surface area contributed by atoms with Crippen molar-refractivity contribution < 1.29 is 9.84 Å². The number of aromatic hydroxyl groups is 1. The number of nitrogens with zero attached hydrogens (tertiary/aromatic N) is 1. The summed E-state index contributed by atoms with van der Waals surface area (Å²) in [4.78, 5) is 4.55. The van der Waals surface area contributed by atoms with Gasteiger partial charge in [-0.05, 0) is 43.7 Å². The molecule has 0 aliphatic rings. The highest BCUT2D eigenvalue weighted by Gasteiger charge is 2.11. The number of hydrogen-bond donors (Lipinski definition) is 3. The van der Waals surface area contributed by atoms with Crippen molar-refractivity contribution >= 4 is 17.6 Å². The molecule has 3 N–H and O–H groups in total. The summed E-state index contributed by atoms with van der Waals surface area (Å²) in [5.74, 6) is 1.53. The highest BCUT2D eigenvalue weighted by Crippen LogP contribution is 2.24. The van der Waals surface area contributed by atoms with Gasteiger partial charge >= 0.3 is 0 Å². The lowest BCUT2D eigenvalue weighted by atomic mass is 10.1. The van der Waals surface area contributed by atoms with Gasteiger partial charge in [-0.15, -0.1) is 0 Å². The third-order valence-electron chi connectivity index (χ3n) is 3.76. The summed E-state index contributed by atoms with van der Waals surface area (Å²) >= 11 is 6.26. The molecule has 2 aromatic carbocycles. The Morgan fingerprint density at radius 3 is 2.72 bits per heavy atom. The van der Waals surface area contributed by atoms with Gasteiger partial charge in [-0.2, -0.15) is 0 Å². The summed E-state index contributed by atoms with van der Waals surface area (Å²) in [6.45, 7) is 5.08. The number of guanidine groups is 1. The zero-order valence-electron chi connectivity index (χ0n) is 14.7. The first-order chi connectivity index (χ1) is 12.0.